The lowest BCUT2D eigenvalue weighted by Crippen LogP contribution is -2.00. The number of aryl methyl sites for hydroxylation is 2. The van der Waals surface area contributed by atoms with E-state index in [9.17, 15) is 0 Å². The van der Waals surface area contributed by atoms with E-state index in [-0.39, 0.29) is 0 Å². The monoisotopic (exact) mass is 140 g/mol. The molecule has 1 heterocycles. The quantitative estimate of drug-likeness (QED) is 0.677. The molecule has 10 heavy (non-hydrogen) atoms. The van der Waals surface area contributed by atoms with Crippen LogP contribution in [0.5, 0.6) is 0 Å². The van der Waals surface area contributed by atoms with E-state index in [2.05, 4.69) is 4.98 Å². The first-order chi connectivity index (χ1) is 4.83. The lowest BCUT2D eigenvalue weighted by Gasteiger charge is -1.88. The second-order valence-corrected chi connectivity index (χ2v) is 2.25. The molecule has 0 spiro atoms. The Bertz CT molecular complexity index is 195. The molecule has 0 fully saturated rings. The van der Waals surface area contributed by atoms with Crippen LogP contribution in [-0.4, -0.2) is 11.5 Å². The van der Waals surface area contributed by atoms with E-state index in [1.807, 2.05) is 6.92 Å². The molecule has 3 heteroatoms. The summed E-state index contributed by atoms with van der Waals surface area (Å²) in [7, 11) is 0. The molecule has 0 radical (unpaired) electrons. The molecule has 0 aromatic carbocycles. The Kier molecular flexibility index (Phi) is 2.45. The van der Waals surface area contributed by atoms with Crippen LogP contribution in [0.1, 0.15) is 18.0 Å². The second-order valence-electron chi connectivity index (χ2n) is 2.25. The zero-order valence-corrected chi connectivity index (χ0v) is 6.13. The number of hydrogen-bond acceptors (Lipinski definition) is 3. The van der Waals surface area contributed by atoms with Crippen LogP contribution in [0.25, 0.3) is 0 Å². The SMILES string of the molecule is Cc1nc(CCCN)co1. The molecule has 1 aromatic heterocycles. The van der Waals surface area contributed by atoms with Crippen molar-refractivity contribution >= 4 is 0 Å². The predicted molar refractivity (Wildman–Crippen MR) is 38.6 cm³/mol. The van der Waals surface area contributed by atoms with Crippen molar-refractivity contribution in [2.45, 2.75) is 19.8 Å². The highest BCUT2D eigenvalue weighted by atomic mass is 16.3. The van der Waals surface area contributed by atoms with Crippen LogP contribution in [0, 0.1) is 6.92 Å². The van der Waals surface area contributed by atoms with Crippen LogP contribution < -0.4 is 5.73 Å². The average Bonchev–Trinajstić information content (AvgIpc) is 2.31. The normalized spacial score (nSPS) is 10.2. The molecule has 0 aliphatic heterocycles. The summed E-state index contributed by atoms with van der Waals surface area (Å²) in [6.45, 7) is 2.55. The highest BCUT2D eigenvalue weighted by molar-refractivity contribution is 4.95. The minimum atomic E-state index is 0.714. The first-order valence-electron chi connectivity index (χ1n) is 3.44. The van der Waals surface area contributed by atoms with Gasteiger partial charge >= 0.3 is 0 Å². The van der Waals surface area contributed by atoms with Gasteiger partial charge in [0.15, 0.2) is 5.89 Å². The highest BCUT2D eigenvalue weighted by Gasteiger charge is 1.96. The number of rotatable bonds is 3. The van der Waals surface area contributed by atoms with Gasteiger partial charge in [0.2, 0.25) is 0 Å². The van der Waals surface area contributed by atoms with Crippen molar-refractivity contribution in [2.24, 2.45) is 5.73 Å². The average molecular weight is 140 g/mol. The van der Waals surface area contributed by atoms with Crippen LogP contribution in [0.4, 0.5) is 0 Å². The van der Waals surface area contributed by atoms with Crippen molar-refractivity contribution in [2.75, 3.05) is 6.54 Å². The van der Waals surface area contributed by atoms with E-state index in [1.54, 1.807) is 6.26 Å². The molecule has 0 saturated heterocycles. The third kappa shape index (κ3) is 1.84. The molecule has 0 aliphatic rings. The minimum Gasteiger partial charge on any atom is -0.449 e. The van der Waals surface area contributed by atoms with Gasteiger partial charge in [-0.1, -0.05) is 0 Å². The summed E-state index contributed by atoms with van der Waals surface area (Å²) in [5, 5.41) is 0. The molecule has 0 unspecified atom stereocenters. The molecule has 1 rings (SSSR count). The fourth-order valence-electron chi connectivity index (χ4n) is 0.806. The summed E-state index contributed by atoms with van der Waals surface area (Å²) in [5.74, 6) is 0.729. The standard InChI is InChI=1S/C7H12N2O/c1-6-9-7(5-10-6)3-2-4-8/h5H,2-4,8H2,1H3. The van der Waals surface area contributed by atoms with Gasteiger partial charge in [-0.15, -0.1) is 0 Å². The summed E-state index contributed by atoms with van der Waals surface area (Å²) in [5.41, 5.74) is 6.33. The van der Waals surface area contributed by atoms with E-state index in [4.69, 9.17) is 10.2 Å². The van der Waals surface area contributed by atoms with E-state index in [1.165, 1.54) is 0 Å². The van der Waals surface area contributed by atoms with Gasteiger partial charge in [0, 0.05) is 6.92 Å². The molecule has 56 valence electrons. The zero-order valence-electron chi connectivity index (χ0n) is 6.13. The number of oxazole rings is 1. The van der Waals surface area contributed by atoms with E-state index < -0.39 is 0 Å². The number of hydrogen-bond donors (Lipinski definition) is 1. The Morgan fingerprint density at radius 2 is 2.50 bits per heavy atom. The van der Waals surface area contributed by atoms with Crippen LogP contribution in [-0.2, 0) is 6.42 Å². The maximum Gasteiger partial charge on any atom is 0.191 e. The van der Waals surface area contributed by atoms with Gasteiger partial charge < -0.3 is 10.2 Å². The van der Waals surface area contributed by atoms with Gasteiger partial charge in [0.25, 0.3) is 0 Å². The first kappa shape index (κ1) is 7.28. The van der Waals surface area contributed by atoms with Gasteiger partial charge in [-0.3, -0.25) is 0 Å². The van der Waals surface area contributed by atoms with Crippen molar-refractivity contribution < 1.29 is 4.42 Å². The topological polar surface area (TPSA) is 52.0 Å². The largest absolute Gasteiger partial charge is 0.449 e. The number of nitrogens with zero attached hydrogens (tertiary/aromatic N) is 1. The Morgan fingerprint density at radius 1 is 1.70 bits per heavy atom. The molecular weight excluding hydrogens is 128 g/mol. The van der Waals surface area contributed by atoms with Crippen LogP contribution in [0.15, 0.2) is 10.7 Å². The van der Waals surface area contributed by atoms with Crippen LogP contribution in [0.3, 0.4) is 0 Å². The van der Waals surface area contributed by atoms with Gasteiger partial charge in [-0.2, -0.15) is 0 Å². The summed E-state index contributed by atoms with van der Waals surface area (Å²) >= 11 is 0. The third-order valence-corrected chi connectivity index (χ3v) is 1.30. The van der Waals surface area contributed by atoms with Gasteiger partial charge in [0.05, 0.1) is 5.69 Å². The number of aromatic nitrogens is 1. The maximum atomic E-state index is 5.32. The maximum absolute atomic E-state index is 5.32. The van der Waals surface area contributed by atoms with Crippen molar-refractivity contribution in [1.29, 1.82) is 0 Å². The number of nitrogens with two attached hydrogens (primary N) is 1. The fraction of sp³-hybridized carbons (Fsp3) is 0.571. The Morgan fingerprint density at radius 3 is 3.00 bits per heavy atom. The summed E-state index contributed by atoms with van der Waals surface area (Å²) in [6, 6.07) is 0. The zero-order chi connectivity index (χ0) is 7.40. The lowest BCUT2D eigenvalue weighted by molar-refractivity contribution is 0.520. The predicted octanol–water partition coefficient (Wildman–Crippen LogP) is 0.874. The highest BCUT2D eigenvalue weighted by Crippen LogP contribution is 2.01. The minimum absolute atomic E-state index is 0.714. The molecule has 2 N–H and O–H groups in total. The summed E-state index contributed by atoms with van der Waals surface area (Å²) in [6.07, 6.45) is 3.59. The summed E-state index contributed by atoms with van der Waals surface area (Å²) < 4.78 is 5.01. The molecular formula is C7H12N2O. The van der Waals surface area contributed by atoms with Crippen LogP contribution >= 0.6 is 0 Å². The van der Waals surface area contributed by atoms with E-state index >= 15 is 0 Å². The molecule has 0 aliphatic carbocycles. The Labute approximate surface area is 60.2 Å². The van der Waals surface area contributed by atoms with Gasteiger partial charge in [-0.05, 0) is 19.4 Å². The van der Waals surface area contributed by atoms with Crippen molar-refractivity contribution in [3.05, 3.63) is 17.8 Å². The molecule has 0 amide bonds. The molecule has 1 aromatic rings. The fourth-order valence-corrected chi connectivity index (χ4v) is 0.806. The van der Waals surface area contributed by atoms with Crippen molar-refractivity contribution in [1.82, 2.24) is 4.98 Å². The van der Waals surface area contributed by atoms with Crippen molar-refractivity contribution in [3.63, 3.8) is 0 Å². The van der Waals surface area contributed by atoms with E-state index in [0.717, 1.165) is 24.4 Å². The Balaban J connectivity index is 2.42. The van der Waals surface area contributed by atoms with Gasteiger partial charge in [0.1, 0.15) is 6.26 Å². The summed E-state index contributed by atoms with van der Waals surface area (Å²) in [4.78, 5) is 4.13. The van der Waals surface area contributed by atoms with Gasteiger partial charge in [-0.25, -0.2) is 4.98 Å². The van der Waals surface area contributed by atoms with E-state index in [0.29, 0.717) is 6.54 Å². The Hall–Kier alpha value is -0.830. The second kappa shape index (κ2) is 3.37. The molecule has 0 atom stereocenters. The smallest absolute Gasteiger partial charge is 0.191 e. The molecule has 0 saturated carbocycles. The lowest BCUT2D eigenvalue weighted by atomic mass is 10.2. The van der Waals surface area contributed by atoms with Crippen LogP contribution in [0.2, 0.25) is 0 Å². The molecule has 3 nitrogen and oxygen atoms in total. The first-order valence-corrected chi connectivity index (χ1v) is 3.44. The third-order valence-electron chi connectivity index (χ3n) is 1.30. The molecule has 0 bridgehead atoms. The van der Waals surface area contributed by atoms with Crippen molar-refractivity contribution in [3.8, 4) is 0 Å².